The molecule has 86 valence electrons. The first-order valence-corrected chi connectivity index (χ1v) is 5.16. The second-order valence-corrected chi connectivity index (χ2v) is 4.36. The minimum atomic E-state index is -0.309. The first-order valence-electron chi connectivity index (χ1n) is 5.16. The molecule has 0 spiro atoms. The number of halogens is 1. The van der Waals surface area contributed by atoms with E-state index in [4.69, 9.17) is 0 Å². The van der Waals surface area contributed by atoms with Gasteiger partial charge in [-0.3, -0.25) is 4.79 Å². The number of esters is 1. The molecule has 0 radical (unpaired) electrons. The molecule has 0 amide bonds. The summed E-state index contributed by atoms with van der Waals surface area (Å²) in [7, 11) is 1.37. The Labute approximate surface area is 93.6 Å². The molecule has 0 saturated carbocycles. The van der Waals surface area contributed by atoms with Crippen molar-refractivity contribution >= 4 is 11.7 Å². The summed E-state index contributed by atoms with van der Waals surface area (Å²) >= 11 is 0. The van der Waals surface area contributed by atoms with Crippen LogP contribution in [0, 0.1) is 5.82 Å². The maximum atomic E-state index is 13.0. The van der Waals surface area contributed by atoms with Crippen LogP contribution >= 0.6 is 0 Å². The largest absolute Gasteiger partial charge is 0.469 e. The van der Waals surface area contributed by atoms with Crippen LogP contribution in [0.4, 0.5) is 10.1 Å². The van der Waals surface area contributed by atoms with Gasteiger partial charge in [0.25, 0.3) is 0 Å². The summed E-state index contributed by atoms with van der Waals surface area (Å²) in [5.74, 6) is -0.518. The summed E-state index contributed by atoms with van der Waals surface area (Å²) in [5.41, 5.74) is 1.43. The Hall–Kier alpha value is -1.58. The fourth-order valence-corrected chi connectivity index (χ4v) is 2.12. The van der Waals surface area contributed by atoms with Crippen LogP contribution in [0.3, 0.4) is 0 Å². The number of methoxy groups -OCH3 is 1. The van der Waals surface area contributed by atoms with Crippen molar-refractivity contribution in [2.75, 3.05) is 19.0 Å². The monoisotopic (exact) mass is 223 g/mol. The third kappa shape index (κ3) is 1.75. The molecule has 3 nitrogen and oxygen atoms in total. The first kappa shape index (κ1) is 10.9. The lowest BCUT2D eigenvalue weighted by atomic mass is 9.81. The number of hydrogen-bond acceptors (Lipinski definition) is 3. The highest BCUT2D eigenvalue weighted by Crippen LogP contribution is 2.39. The number of benzene rings is 1. The zero-order chi connectivity index (χ0) is 11.8. The van der Waals surface area contributed by atoms with E-state index in [0.717, 1.165) is 11.3 Å². The van der Waals surface area contributed by atoms with Gasteiger partial charge in [0, 0.05) is 17.6 Å². The van der Waals surface area contributed by atoms with Crippen molar-refractivity contribution in [1.29, 1.82) is 0 Å². The second-order valence-electron chi connectivity index (χ2n) is 4.36. The lowest BCUT2D eigenvalue weighted by molar-refractivity contribution is -0.141. The zero-order valence-electron chi connectivity index (χ0n) is 9.34. The van der Waals surface area contributed by atoms with E-state index in [9.17, 15) is 9.18 Å². The summed E-state index contributed by atoms with van der Waals surface area (Å²) < 4.78 is 17.7. The van der Waals surface area contributed by atoms with Gasteiger partial charge < -0.3 is 10.1 Å². The number of carbonyl (C=O) groups is 1. The molecule has 0 bridgehead atoms. The van der Waals surface area contributed by atoms with E-state index in [1.807, 2.05) is 6.92 Å². The Bertz CT molecular complexity index is 433. The molecular weight excluding hydrogens is 209 g/mol. The van der Waals surface area contributed by atoms with Crippen molar-refractivity contribution in [3.8, 4) is 0 Å². The van der Waals surface area contributed by atoms with Crippen molar-refractivity contribution < 1.29 is 13.9 Å². The average molecular weight is 223 g/mol. The predicted octanol–water partition coefficient (Wildman–Crippen LogP) is 2.07. The molecule has 1 atom stereocenters. The summed E-state index contributed by atoms with van der Waals surface area (Å²) in [6.07, 6.45) is 0.301. The topological polar surface area (TPSA) is 38.3 Å². The third-order valence-electron chi connectivity index (χ3n) is 3.06. The number of ether oxygens (including phenoxy) is 1. The first-order chi connectivity index (χ1) is 7.55. The maximum Gasteiger partial charge on any atom is 0.306 e. The van der Waals surface area contributed by atoms with Gasteiger partial charge in [-0.1, -0.05) is 13.0 Å². The van der Waals surface area contributed by atoms with Crippen LogP contribution in [0.25, 0.3) is 0 Å². The lowest BCUT2D eigenvalue weighted by Crippen LogP contribution is -2.28. The van der Waals surface area contributed by atoms with E-state index in [0.29, 0.717) is 13.0 Å². The Morgan fingerprint density at radius 2 is 2.38 bits per heavy atom. The number of fused-ring (bicyclic) bond motifs is 1. The Kier molecular flexibility index (Phi) is 2.58. The SMILES string of the molecule is COC(=O)CC1(C)CNc2cc(F)ccc21. The van der Waals surface area contributed by atoms with Crippen LogP contribution < -0.4 is 5.32 Å². The van der Waals surface area contributed by atoms with E-state index >= 15 is 0 Å². The van der Waals surface area contributed by atoms with Crippen molar-refractivity contribution in [3.05, 3.63) is 29.6 Å². The second kappa shape index (κ2) is 3.77. The van der Waals surface area contributed by atoms with Gasteiger partial charge in [0.05, 0.1) is 13.5 Å². The quantitative estimate of drug-likeness (QED) is 0.780. The Morgan fingerprint density at radius 1 is 1.62 bits per heavy atom. The van der Waals surface area contributed by atoms with Crippen molar-refractivity contribution in [2.24, 2.45) is 0 Å². The molecule has 1 aliphatic heterocycles. The van der Waals surface area contributed by atoms with E-state index in [1.165, 1.54) is 19.2 Å². The minimum absolute atomic E-state index is 0.249. The normalized spacial score (nSPS) is 22.4. The van der Waals surface area contributed by atoms with Gasteiger partial charge >= 0.3 is 5.97 Å². The number of anilines is 1. The summed E-state index contributed by atoms with van der Waals surface area (Å²) in [5, 5.41) is 3.11. The summed E-state index contributed by atoms with van der Waals surface area (Å²) in [6.45, 7) is 2.60. The van der Waals surface area contributed by atoms with E-state index in [2.05, 4.69) is 10.1 Å². The molecule has 0 aliphatic carbocycles. The fourth-order valence-electron chi connectivity index (χ4n) is 2.12. The highest BCUT2D eigenvalue weighted by Gasteiger charge is 2.36. The van der Waals surface area contributed by atoms with Gasteiger partial charge in [-0.15, -0.1) is 0 Å². The molecule has 0 aromatic heterocycles. The minimum Gasteiger partial charge on any atom is -0.469 e. The average Bonchev–Trinajstić information content (AvgIpc) is 2.55. The van der Waals surface area contributed by atoms with Crippen molar-refractivity contribution in [3.63, 3.8) is 0 Å². The molecule has 1 aromatic rings. The van der Waals surface area contributed by atoms with Crippen LogP contribution in [0.1, 0.15) is 18.9 Å². The molecular formula is C12H14FNO2. The zero-order valence-corrected chi connectivity index (χ0v) is 9.34. The van der Waals surface area contributed by atoms with Crippen LogP contribution in [-0.4, -0.2) is 19.6 Å². The summed E-state index contributed by atoms with van der Waals surface area (Å²) in [4.78, 5) is 11.3. The van der Waals surface area contributed by atoms with Gasteiger partial charge in [0.2, 0.25) is 0 Å². The molecule has 1 N–H and O–H groups in total. The predicted molar refractivity (Wildman–Crippen MR) is 58.9 cm³/mol. The third-order valence-corrected chi connectivity index (χ3v) is 3.06. The van der Waals surface area contributed by atoms with Gasteiger partial charge in [0.1, 0.15) is 5.82 Å². The molecule has 0 saturated heterocycles. The van der Waals surface area contributed by atoms with E-state index in [1.54, 1.807) is 6.07 Å². The number of rotatable bonds is 2. The molecule has 1 aromatic carbocycles. The molecule has 1 heterocycles. The number of nitrogens with one attached hydrogen (secondary N) is 1. The molecule has 2 rings (SSSR count). The molecule has 1 unspecified atom stereocenters. The Morgan fingerprint density at radius 3 is 3.06 bits per heavy atom. The van der Waals surface area contributed by atoms with Gasteiger partial charge in [-0.05, 0) is 17.7 Å². The van der Waals surface area contributed by atoms with Gasteiger partial charge in [0.15, 0.2) is 0 Å². The van der Waals surface area contributed by atoms with Crippen molar-refractivity contribution in [2.45, 2.75) is 18.8 Å². The van der Waals surface area contributed by atoms with E-state index in [-0.39, 0.29) is 17.2 Å². The standard InChI is InChI=1S/C12H14FNO2/c1-12(6-11(15)16-2)7-14-10-5-8(13)3-4-9(10)12/h3-5,14H,6-7H2,1-2H3. The van der Waals surface area contributed by atoms with Crippen LogP contribution in [-0.2, 0) is 14.9 Å². The van der Waals surface area contributed by atoms with Crippen LogP contribution in [0.2, 0.25) is 0 Å². The van der Waals surface area contributed by atoms with Crippen LogP contribution in [0.15, 0.2) is 18.2 Å². The van der Waals surface area contributed by atoms with Gasteiger partial charge in [-0.2, -0.15) is 0 Å². The van der Waals surface area contributed by atoms with Crippen molar-refractivity contribution in [1.82, 2.24) is 0 Å². The Balaban J connectivity index is 2.31. The smallest absolute Gasteiger partial charge is 0.306 e. The fraction of sp³-hybridized carbons (Fsp3) is 0.417. The molecule has 0 fully saturated rings. The van der Waals surface area contributed by atoms with Gasteiger partial charge in [-0.25, -0.2) is 4.39 Å². The molecule has 4 heteroatoms. The summed E-state index contributed by atoms with van der Waals surface area (Å²) in [6, 6.07) is 4.60. The highest BCUT2D eigenvalue weighted by atomic mass is 19.1. The van der Waals surface area contributed by atoms with E-state index < -0.39 is 0 Å². The molecule has 16 heavy (non-hydrogen) atoms. The maximum absolute atomic E-state index is 13.0. The number of hydrogen-bond donors (Lipinski definition) is 1. The number of carbonyl (C=O) groups excluding carboxylic acids is 1. The molecule has 1 aliphatic rings. The van der Waals surface area contributed by atoms with Crippen LogP contribution in [0.5, 0.6) is 0 Å². The highest BCUT2D eigenvalue weighted by molar-refractivity contribution is 5.74. The lowest BCUT2D eigenvalue weighted by Gasteiger charge is -2.22.